The number of ether oxygens (including phenoxy) is 2. The minimum absolute atomic E-state index is 0.173. The first-order valence-electron chi connectivity index (χ1n) is 9.58. The van der Waals surface area contributed by atoms with E-state index >= 15 is 0 Å². The van der Waals surface area contributed by atoms with Crippen LogP contribution in [0.5, 0.6) is 11.6 Å². The number of aromatic nitrogens is 2. The van der Waals surface area contributed by atoms with Gasteiger partial charge in [-0.15, -0.1) is 5.10 Å². The van der Waals surface area contributed by atoms with Crippen molar-refractivity contribution >= 4 is 11.6 Å². The molecule has 0 unspecified atom stereocenters. The number of carbonyl (C=O) groups is 1. The van der Waals surface area contributed by atoms with Crippen LogP contribution in [0, 0.1) is 20.8 Å². The molecule has 1 aromatic heterocycles. The number of hydrogen-bond acceptors (Lipinski definition) is 5. The number of aryl methyl sites for hydroxylation is 3. The van der Waals surface area contributed by atoms with Gasteiger partial charge in [0.1, 0.15) is 5.75 Å². The molecule has 0 aliphatic rings. The summed E-state index contributed by atoms with van der Waals surface area (Å²) in [7, 11) is 1.54. The third kappa shape index (κ3) is 4.68. The Kier molecular flexibility index (Phi) is 6.20. The lowest BCUT2D eigenvalue weighted by atomic mass is 10.1. The van der Waals surface area contributed by atoms with Crippen molar-refractivity contribution in [2.24, 2.45) is 0 Å². The molecule has 0 aliphatic carbocycles. The van der Waals surface area contributed by atoms with Crippen molar-refractivity contribution in [1.82, 2.24) is 9.78 Å². The zero-order valence-electron chi connectivity index (χ0n) is 17.7. The molecule has 1 amide bonds. The van der Waals surface area contributed by atoms with Crippen LogP contribution in [0.15, 0.2) is 53.3 Å². The molecule has 0 aliphatic heterocycles. The SMILES string of the molecule is COc1ccc(C)cc1NC(=O)[C@H](C)Oc1ccc(=O)n(-c2ccc(C)c(C)c2)n1. The Labute approximate surface area is 175 Å². The van der Waals surface area contributed by atoms with E-state index in [1.807, 2.05) is 51.1 Å². The molecule has 30 heavy (non-hydrogen) atoms. The van der Waals surface area contributed by atoms with E-state index in [-0.39, 0.29) is 17.3 Å². The molecule has 1 heterocycles. The highest BCUT2D eigenvalue weighted by atomic mass is 16.5. The highest BCUT2D eigenvalue weighted by Gasteiger charge is 2.18. The van der Waals surface area contributed by atoms with Gasteiger partial charge in [0.2, 0.25) is 5.88 Å². The topological polar surface area (TPSA) is 82.5 Å². The maximum Gasteiger partial charge on any atom is 0.271 e. The number of nitrogens with one attached hydrogen (secondary N) is 1. The molecule has 0 radical (unpaired) electrons. The quantitative estimate of drug-likeness (QED) is 0.675. The molecule has 7 nitrogen and oxygen atoms in total. The highest BCUT2D eigenvalue weighted by Crippen LogP contribution is 2.25. The van der Waals surface area contributed by atoms with E-state index in [0.29, 0.717) is 17.1 Å². The van der Waals surface area contributed by atoms with Gasteiger partial charge in [-0.3, -0.25) is 9.59 Å². The molecule has 0 saturated heterocycles. The van der Waals surface area contributed by atoms with Crippen LogP contribution in [0.25, 0.3) is 5.69 Å². The lowest BCUT2D eigenvalue weighted by molar-refractivity contribution is -0.122. The number of benzene rings is 2. The van der Waals surface area contributed by atoms with Crippen molar-refractivity contribution in [3.8, 4) is 17.3 Å². The summed E-state index contributed by atoms with van der Waals surface area (Å²) in [5.41, 5.74) is 4.07. The fourth-order valence-corrected chi connectivity index (χ4v) is 2.89. The van der Waals surface area contributed by atoms with Crippen LogP contribution >= 0.6 is 0 Å². The zero-order chi connectivity index (χ0) is 21.8. The summed E-state index contributed by atoms with van der Waals surface area (Å²) in [6.45, 7) is 7.51. The maximum absolute atomic E-state index is 12.6. The van der Waals surface area contributed by atoms with Crippen molar-refractivity contribution in [3.63, 3.8) is 0 Å². The smallest absolute Gasteiger partial charge is 0.271 e. The van der Waals surface area contributed by atoms with E-state index in [1.165, 1.54) is 16.8 Å². The lowest BCUT2D eigenvalue weighted by Crippen LogP contribution is -2.31. The highest BCUT2D eigenvalue weighted by molar-refractivity contribution is 5.95. The first-order chi connectivity index (χ1) is 14.3. The largest absolute Gasteiger partial charge is 0.495 e. The summed E-state index contributed by atoms with van der Waals surface area (Å²) in [6.07, 6.45) is -0.839. The number of nitrogens with zero attached hydrogens (tertiary/aromatic N) is 2. The third-order valence-electron chi connectivity index (χ3n) is 4.79. The van der Waals surface area contributed by atoms with Crippen molar-refractivity contribution in [2.45, 2.75) is 33.8 Å². The van der Waals surface area contributed by atoms with Crippen molar-refractivity contribution < 1.29 is 14.3 Å². The molecule has 0 fully saturated rings. The zero-order valence-corrected chi connectivity index (χ0v) is 17.7. The summed E-state index contributed by atoms with van der Waals surface area (Å²) < 4.78 is 12.2. The van der Waals surface area contributed by atoms with Gasteiger partial charge in [-0.2, -0.15) is 4.68 Å². The fraction of sp³-hybridized carbons (Fsp3) is 0.261. The van der Waals surface area contributed by atoms with Gasteiger partial charge in [0.05, 0.1) is 18.5 Å². The summed E-state index contributed by atoms with van der Waals surface area (Å²) in [6, 6.07) is 14.0. The number of hydrogen-bond donors (Lipinski definition) is 1. The van der Waals surface area contributed by atoms with Gasteiger partial charge in [0.25, 0.3) is 11.5 Å². The molecule has 7 heteroatoms. The van der Waals surface area contributed by atoms with Crippen LogP contribution in [-0.4, -0.2) is 28.9 Å². The Morgan fingerprint density at radius 2 is 1.80 bits per heavy atom. The van der Waals surface area contributed by atoms with Crippen LogP contribution in [0.4, 0.5) is 5.69 Å². The standard InChI is InChI=1S/C23H25N3O4/c1-14-6-9-20(29-5)19(12-14)24-23(28)17(4)30-21-10-11-22(27)26(25-21)18-8-7-15(2)16(3)13-18/h6-13,17H,1-5H3,(H,24,28)/t17-/m0/s1. The summed E-state index contributed by atoms with van der Waals surface area (Å²) in [5.74, 6) is 0.374. The molecule has 0 bridgehead atoms. The van der Waals surface area contributed by atoms with Crippen molar-refractivity contribution in [2.75, 3.05) is 12.4 Å². The van der Waals surface area contributed by atoms with Gasteiger partial charge in [-0.05, 0) is 68.7 Å². The van der Waals surface area contributed by atoms with E-state index in [0.717, 1.165) is 16.7 Å². The Hall–Kier alpha value is -3.61. The first-order valence-corrected chi connectivity index (χ1v) is 9.58. The van der Waals surface area contributed by atoms with Crippen LogP contribution < -0.4 is 20.3 Å². The van der Waals surface area contributed by atoms with Gasteiger partial charge in [-0.25, -0.2) is 0 Å². The third-order valence-corrected chi connectivity index (χ3v) is 4.79. The predicted octanol–water partition coefficient (Wildman–Crippen LogP) is 3.57. The second-order valence-corrected chi connectivity index (χ2v) is 7.14. The molecule has 3 aromatic rings. The van der Waals surface area contributed by atoms with Gasteiger partial charge in [0.15, 0.2) is 6.10 Å². The predicted molar refractivity (Wildman–Crippen MR) is 116 cm³/mol. The molecule has 156 valence electrons. The number of carbonyl (C=O) groups excluding carboxylic acids is 1. The summed E-state index contributed by atoms with van der Waals surface area (Å²) >= 11 is 0. The summed E-state index contributed by atoms with van der Waals surface area (Å²) in [5, 5.41) is 7.08. The normalized spacial score (nSPS) is 11.6. The first kappa shape index (κ1) is 21.1. The second kappa shape index (κ2) is 8.82. The molecule has 1 N–H and O–H groups in total. The number of anilines is 1. The minimum Gasteiger partial charge on any atom is -0.495 e. The van der Waals surface area contributed by atoms with Gasteiger partial charge >= 0.3 is 0 Å². The van der Waals surface area contributed by atoms with Crippen LogP contribution in [0.3, 0.4) is 0 Å². The van der Waals surface area contributed by atoms with Crippen LogP contribution in [0.2, 0.25) is 0 Å². The van der Waals surface area contributed by atoms with Gasteiger partial charge < -0.3 is 14.8 Å². The fourth-order valence-electron chi connectivity index (χ4n) is 2.89. The monoisotopic (exact) mass is 407 g/mol. The number of amides is 1. The van der Waals surface area contributed by atoms with E-state index in [4.69, 9.17) is 9.47 Å². The maximum atomic E-state index is 12.6. The molecular formula is C23H25N3O4. The average Bonchev–Trinajstić information content (AvgIpc) is 2.71. The molecule has 2 aromatic carbocycles. The number of rotatable bonds is 6. The Morgan fingerprint density at radius 3 is 2.50 bits per heavy atom. The summed E-state index contributed by atoms with van der Waals surface area (Å²) in [4.78, 5) is 24.9. The van der Waals surface area contributed by atoms with Crippen LogP contribution in [-0.2, 0) is 4.79 Å². The lowest BCUT2D eigenvalue weighted by Gasteiger charge is -2.16. The van der Waals surface area contributed by atoms with E-state index in [9.17, 15) is 9.59 Å². The Bertz CT molecular complexity index is 1140. The minimum atomic E-state index is -0.839. The second-order valence-electron chi connectivity index (χ2n) is 7.14. The molecular weight excluding hydrogens is 382 g/mol. The molecule has 0 saturated carbocycles. The molecule has 1 atom stereocenters. The molecule has 0 spiro atoms. The number of methoxy groups -OCH3 is 1. The average molecular weight is 407 g/mol. The van der Waals surface area contributed by atoms with E-state index in [2.05, 4.69) is 10.4 Å². The van der Waals surface area contributed by atoms with E-state index in [1.54, 1.807) is 20.1 Å². The molecule has 3 rings (SSSR count). The Morgan fingerprint density at radius 1 is 1.03 bits per heavy atom. The van der Waals surface area contributed by atoms with Crippen molar-refractivity contribution in [1.29, 1.82) is 0 Å². The van der Waals surface area contributed by atoms with Gasteiger partial charge in [-0.1, -0.05) is 12.1 Å². The Balaban J connectivity index is 1.79. The van der Waals surface area contributed by atoms with Crippen molar-refractivity contribution in [3.05, 3.63) is 75.6 Å². The van der Waals surface area contributed by atoms with Crippen LogP contribution in [0.1, 0.15) is 23.6 Å². The van der Waals surface area contributed by atoms with E-state index < -0.39 is 6.10 Å². The van der Waals surface area contributed by atoms with Gasteiger partial charge in [0, 0.05) is 12.1 Å².